The lowest BCUT2D eigenvalue weighted by Gasteiger charge is -2.23. The van der Waals surface area contributed by atoms with Crippen LogP contribution in [0.1, 0.15) is 42.5 Å². The smallest absolute Gasteiger partial charge is 0.311 e. The summed E-state index contributed by atoms with van der Waals surface area (Å²) in [5.41, 5.74) is 5.74. The molecule has 0 bridgehead atoms. The van der Waals surface area contributed by atoms with Crippen LogP contribution in [-0.4, -0.2) is 30.9 Å². The van der Waals surface area contributed by atoms with Crippen molar-refractivity contribution in [2.45, 2.75) is 47.0 Å². The summed E-state index contributed by atoms with van der Waals surface area (Å²) in [6.45, 7) is 7.87. The van der Waals surface area contributed by atoms with Crippen molar-refractivity contribution in [2.75, 3.05) is 23.4 Å². The van der Waals surface area contributed by atoms with Crippen molar-refractivity contribution in [1.29, 1.82) is 0 Å². The molecule has 1 aliphatic rings. The Kier molecular flexibility index (Phi) is 7.72. The van der Waals surface area contributed by atoms with Crippen LogP contribution in [0.5, 0.6) is 0 Å². The maximum Gasteiger partial charge on any atom is 0.311 e. The van der Waals surface area contributed by atoms with Crippen molar-refractivity contribution in [1.82, 2.24) is 0 Å². The predicted octanol–water partition coefficient (Wildman–Crippen LogP) is 4.73. The van der Waals surface area contributed by atoms with Gasteiger partial charge in [0.1, 0.15) is 0 Å². The normalized spacial score (nSPS) is 15.7. The monoisotopic (exact) mass is 500 g/mol. The van der Waals surface area contributed by atoms with Crippen LogP contribution >= 0.6 is 15.9 Å². The van der Waals surface area contributed by atoms with E-state index in [-0.39, 0.29) is 25.5 Å². The summed E-state index contributed by atoms with van der Waals surface area (Å²) in [6.07, 6.45) is 1.70. The fourth-order valence-electron chi connectivity index (χ4n) is 4.01. The van der Waals surface area contributed by atoms with Gasteiger partial charge in [0, 0.05) is 28.8 Å². The molecule has 7 heteroatoms. The third-order valence-corrected chi connectivity index (χ3v) is 6.89. The first-order chi connectivity index (χ1) is 15.3. The minimum absolute atomic E-state index is 0.0898. The highest BCUT2D eigenvalue weighted by Gasteiger charge is 2.37. The minimum atomic E-state index is -0.582. The molecule has 1 atom stereocenters. The molecule has 2 aromatic rings. The Morgan fingerprint density at radius 1 is 1.09 bits per heavy atom. The number of nitrogens with zero attached hydrogens (tertiary/aromatic N) is 1. The summed E-state index contributed by atoms with van der Waals surface area (Å²) < 4.78 is 6.22. The number of hydrogen-bond donors (Lipinski definition) is 1. The first kappa shape index (κ1) is 24.0. The van der Waals surface area contributed by atoms with Crippen molar-refractivity contribution < 1.29 is 19.1 Å². The van der Waals surface area contributed by atoms with Gasteiger partial charge in [-0.1, -0.05) is 48.0 Å². The molecule has 1 aliphatic heterocycles. The molecule has 1 N–H and O–H groups in total. The fourth-order valence-corrected chi connectivity index (χ4v) is 4.44. The summed E-state index contributed by atoms with van der Waals surface area (Å²) in [7, 11) is 0. The van der Waals surface area contributed by atoms with E-state index in [2.05, 4.69) is 35.1 Å². The molecule has 2 amide bonds. The SMILES string of the molecule is CCc1cccc(CC)c1N1C[C@@H](C(=O)OCC(=O)Nc2ccc(Br)c(C)c2C)CC1=O. The van der Waals surface area contributed by atoms with Gasteiger partial charge in [-0.25, -0.2) is 0 Å². The number of carbonyl (C=O) groups excluding carboxylic acids is 3. The maximum absolute atomic E-state index is 12.7. The summed E-state index contributed by atoms with van der Waals surface area (Å²) in [6, 6.07) is 9.70. The number of benzene rings is 2. The number of amides is 2. The summed E-state index contributed by atoms with van der Waals surface area (Å²) in [4.78, 5) is 39.4. The van der Waals surface area contributed by atoms with E-state index in [0.29, 0.717) is 5.69 Å². The molecule has 170 valence electrons. The summed E-state index contributed by atoms with van der Waals surface area (Å²) in [5.74, 6) is -1.60. The second-order valence-corrected chi connectivity index (χ2v) is 8.89. The number of aryl methyl sites for hydroxylation is 2. The van der Waals surface area contributed by atoms with Crippen LogP contribution in [0, 0.1) is 19.8 Å². The van der Waals surface area contributed by atoms with Crippen molar-refractivity contribution >= 4 is 45.1 Å². The zero-order valence-corrected chi connectivity index (χ0v) is 20.5. The number of carbonyl (C=O) groups is 3. The Balaban J connectivity index is 1.62. The van der Waals surface area contributed by atoms with Gasteiger partial charge in [-0.3, -0.25) is 14.4 Å². The molecule has 0 aromatic heterocycles. The highest BCUT2D eigenvalue weighted by molar-refractivity contribution is 9.10. The van der Waals surface area contributed by atoms with Gasteiger partial charge >= 0.3 is 5.97 Å². The molecule has 0 radical (unpaired) electrons. The molecule has 6 nitrogen and oxygen atoms in total. The van der Waals surface area contributed by atoms with Gasteiger partial charge in [0.05, 0.1) is 5.92 Å². The van der Waals surface area contributed by atoms with E-state index in [1.807, 2.05) is 38.1 Å². The molecular formula is C25H29BrN2O4. The minimum Gasteiger partial charge on any atom is -0.455 e. The number of nitrogens with one attached hydrogen (secondary N) is 1. The van der Waals surface area contributed by atoms with Gasteiger partial charge in [-0.15, -0.1) is 0 Å². The third-order valence-electron chi connectivity index (χ3n) is 6.03. The largest absolute Gasteiger partial charge is 0.455 e. The molecule has 2 aromatic carbocycles. The van der Waals surface area contributed by atoms with E-state index in [1.54, 1.807) is 11.0 Å². The topological polar surface area (TPSA) is 75.7 Å². The Morgan fingerprint density at radius 2 is 1.75 bits per heavy atom. The molecular weight excluding hydrogens is 472 g/mol. The number of esters is 1. The van der Waals surface area contributed by atoms with Crippen molar-refractivity contribution in [3.8, 4) is 0 Å². The molecule has 0 aliphatic carbocycles. The first-order valence-electron chi connectivity index (χ1n) is 10.9. The lowest BCUT2D eigenvalue weighted by atomic mass is 10.0. The quantitative estimate of drug-likeness (QED) is 0.557. The van der Waals surface area contributed by atoms with Crippen LogP contribution < -0.4 is 10.2 Å². The van der Waals surface area contributed by atoms with E-state index < -0.39 is 17.8 Å². The Bertz CT molecular complexity index is 1030. The van der Waals surface area contributed by atoms with Gasteiger partial charge < -0.3 is 15.0 Å². The van der Waals surface area contributed by atoms with Crippen molar-refractivity contribution in [2.24, 2.45) is 5.92 Å². The molecule has 1 fully saturated rings. The van der Waals surface area contributed by atoms with Crippen molar-refractivity contribution in [3.63, 3.8) is 0 Å². The van der Waals surface area contributed by atoms with Crippen LogP contribution in [0.15, 0.2) is 34.8 Å². The maximum atomic E-state index is 12.7. The molecule has 3 rings (SSSR count). The highest BCUT2D eigenvalue weighted by Crippen LogP contribution is 2.33. The molecule has 1 heterocycles. The van der Waals surface area contributed by atoms with E-state index in [4.69, 9.17) is 4.74 Å². The van der Waals surface area contributed by atoms with Gasteiger partial charge in [0.15, 0.2) is 6.61 Å². The zero-order chi connectivity index (χ0) is 23.4. The fraction of sp³-hybridized carbons (Fsp3) is 0.400. The third kappa shape index (κ3) is 5.04. The van der Waals surface area contributed by atoms with Gasteiger partial charge in [-0.2, -0.15) is 0 Å². The Hall–Kier alpha value is -2.67. The second-order valence-electron chi connectivity index (χ2n) is 8.04. The van der Waals surface area contributed by atoms with Crippen LogP contribution in [0.4, 0.5) is 11.4 Å². The zero-order valence-electron chi connectivity index (χ0n) is 19.0. The van der Waals surface area contributed by atoms with Crippen LogP contribution in [0.25, 0.3) is 0 Å². The molecule has 32 heavy (non-hydrogen) atoms. The molecule has 0 spiro atoms. The van der Waals surface area contributed by atoms with Crippen molar-refractivity contribution in [3.05, 3.63) is 57.1 Å². The number of anilines is 2. The van der Waals surface area contributed by atoms with E-state index in [9.17, 15) is 14.4 Å². The number of hydrogen-bond acceptors (Lipinski definition) is 4. The van der Waals surface area contributed by atoms with E-state index >= 15 is 0 Å². The van der Waals surface area contributed by atoms with Gasteiger partial charge in [0.25, 0.3) is 5.91 Å². The van der Waals surface area contributed by atoms with E-state index in [0.717, 1.165) is 45.3 Å². The Labute approximate surface area is 197 Å². The number of ether oxygens (including phenoxy) is 1. The predicted molar refractivity (Wildman–Crippen MR) is 129 cm³/mol. The standard InChI is InChI=1S/C25H29BrN2O4/c1-5-17-8-7-9-18(6-2)24(17)28-13-19(12-23(28)30)25(31)32-14-22(29)27-21-11-10-20(26)15(3)16(21)4/h7-11,19H,5-6,12-14H2,1-4H3,(H,27,29)/t19-/m0/s1. The lowest BCUT2D eigenvalue weighted by molar-refractivity contribution is -0.151. The second kappa shape index (κ2) is 10.3. The molecule has 0 unspecified atom stereocenters. The first-order valence-corrected chi connectivity index (χ1v) is 11.7. The average molecular weight is 501 g/mol. The summed E-state index contributed by atoms with van der Waals surface area (Å²) in [5, 5.41) is 2.78. The average Bonchev–Trinajstić information content (AvgIpc) is 3.18. The van der Waals surface area contributed by atoms with Crippen LogP contribution in [-0.2, 0) is 32.0 Å². The van der Waals surface area contributed by atoms with E-state index in [1.165, 1.54) is 0 Å². The highest BCUT2D eigenvalue weighted by atomic mass is 79.9. The van der Waals surface area contributed by atoms with Crippen LogP contribution in [0.2, 0.25) is 0 Å². The summed E-state index contributed by atoms with van der Waals surface area (Å²) >= 11 is 3.46. The molecule has 1 saturated heterocycles. The Morgan fingerprint density at radius 3 is 2.38 bits per heavy atom. The van der Waals surface area contributed by atoms with Gasteiger partial charge in [0.2, 0.25) is 5.91 Å². The number of halogens is 1. The number of rotatable bonds is 7. The molecule has 0 saturated carbocycles. The van der Waals surface area contributed by atoms with Gasteiger partial charge in [-0.05, 0) is 61.1 Å². The number of para-hydroxylation sites is 1. The van der Waals surface area contributed by atoms with Crippen LogP contribution in [0.3, 0.4) is 0 Å². The lowest BCUT2D eigenvalue weighted by Crippen LogP contribution is -2.29.